The van der Waals surface area contributed by atoms with E-state index in [9.17, 15) is 14.4 Å². The Kier molecular flexibility index (Phi) is 11.1. The molecule has 6 heteroatoms. The van der Waals surface area contributed by atoms with Crippen LogP contribution in [-0.4, -0.2) is 48.9 Å². The molecule has 0 aliphatic carbocycles. The number of rotatable bonds is 11. The van der Waals surface area contributed by atoms with Crippen LogP contribution in [0.25, 0.3) is 0 Å². The largest absolute Gasteiger partial charge is 0.466 e. The molecule has 0 aliphatic heterocycles. The Morgan fingerprint density at radius 1 is 1.09 bits per heavy atom. The summed E-state index contributed by atoms with van der Waals surface area (Å²) in [5.41, 5.74) is 0. The molecule has 0 aromatic carbocycles. The Labute approximate surface area is 133 Å². The molecule has 0 saturated carbocycles. The molecule has 1 N–H and O–H groups in total. The van der Waals surface area contributed by atoms with E-state index in [0.29, 0.717) is 32.7 Å². The van der Waals surface area contributed by atoms with Crippen LogP contribution >= 0.6 is 0 Å². The summed E-state index contributed by atoms with van der Waals surface area (Å²) < 4.78 is 4.91. The van der Waals surface area contributed by atoms with E-state index in [0.717, 1.165) is 12.8 Å². The van der Waals surface area contributed by atoms with Gasteiger partial charge in [-0.1, -0.05) is 13.8 Å². The second kappa shape index (κ2) is 12.0. The van der Waals surface area contributed by atoms with Gasteiger partial charge in [-0.15, -0.1) is 0 Å². The van der Waals surface area contributed by atoms with Gasteiger partial charge < -0.3 is 15.0 Å². The molecule has 2 amide bonds. The van der Waals surface area contributed by atoms with Crippen molar-refractivity contribution >= 4 is 17.8 Å². The van der Waals surface area contributed by atoms with Crippen LogP contribution in [0.1, 0.15) is 53.4 Å². The van der Waals surface area contributed by atoms with Crippen molar-refractivity contribution in [2.45, 2.75) is 53.4 Å². The molecule has 0 aliphatic rings. The minimum atomic E-state index is -0.285. The molecule has 0 aromatic rings. The third-order valence-electron chi connectivity index (χ3n) is 3.52. The van der Waals surface area contributed by atoms with E-state index in [4.69, 9.17) is 4.74 Å². The second-order valence-corrected chi connectivity index (χ2v) is 5.23. The standard InChI is InChI=1S/C16H30N2O4/c1-5-14(6-2)16(21)18(11-8-10-17-13(4)19)12-9-15(20)22-7-3/h14H,5-12H2,1-4H3,(H,17,19). The fraction of sp³-hybridized carbons (Fsp3) is 0.812. The van der Waals surface area contributed by atoms with E-state index in [1.807, 2.05) is 13.8 Å². The van der Waals surface area contributed by atoms with Crippen molar-refractivity contribution in [3.63, 3.8) is 0 Å². The number of hydrogen-bond acceptors (Lipinski definition) is 4. The van der Waals surface area contributed by atoms with Crippen molar-refractivity contribution in [1.29, 1.82) is 0 Å². The van der Waals surface area contributed by atoms with Gasteiger partial charge >= 0.3 is 5.97 Å². The highest BCUT2D eigenvalue weighted by Crippen LogP contribution is 2.13. The van der Waals surface area contributed by atoms with Gasteiger partial charge in [0.2, 0.25) is 11.8 Å². The van der Waals surface area contributed by atoms with Crippen LogP contribution in [0.2, 0.25) is 0 Å². The van der Waals surface area contributed by atoms with Crippen molar-refractivity contribution in [3.8, 4) is 0 Å². The van der Waals surface area contributed by atoms with Gasteiger partial charge in [0.15, 0.2) is 0 Å². The fourth-order valence-electron chi connectivity index (χ4n) is 2.22. The maximum atomic E-state index is 12.5. The molecule has 0 fully saturated rings. The Morgan fingerprint density at radius 3 is 2.23 bits per heavy atom. The minimum Gasteiger partial charge on any atom is -0.466 e. The molecule has 0 spiro atoms. The van der Waals surface area contributed by atoms with Gasteiger partial charge in [0, 0.05) is 32.5 Å². The van der Waals surface area contributed by atoms with Crippen molar-refractivity contribution in [2.75, 3.05) is 26.2 Å². The normalized spacial score (nSPS) is 10.4. The number of hydrogen-bond donors (Lipinski definition) is 1. The smallest absolute Gasteiger partial charge is 0.307 e. The number of carbonyl (C=O) groups excluding carboxylic acids is 3. The summed E-state index contributed by atoms with van der Waals surface area (Å²) in [6, 6.07) is 0. The SMILES string of the molecule is CCOC(=O)CCN(CCCNC(C)=O)C(=O)C(CC)CC. The van der Waals surface area contributed by atoms with Crippen LogP contribution in [0.15, 0.2) is 0 Å². The van der Waals surface area contributed by atoms with Crippen molar-refractivity contribution in [2.24, 2.45) is 5.92 Å². The third kappa shape index (κ3) is 8.64. The second-order valence-electron chi connectivity index (χ2n) is 5.23. The highest BCUT2D eigenvalue weighted by Gasteiger charge is 2.21. The first-order valence-electron chi connectivity index (χ1n) is 8.14. The number of nitrogens with one attached hydrogen (secondary N) is 1. The van der Waals surface area contributed by atoms with Gasteiger partial charge in [-0.3, -0.25) is 14.4 Å². The zero-order valence-electron chi connectivity index (χ0n) is 14.3. The minimum absolute atomic E-state index is 0.0111. The van der Waals surface area contributed by atoms with Gasteiger partial charge in [-0.05, 0) is 26.2 Å². The number of esters is 1. The van der Waals surface area contributed by atoms with Crippen LogP contribution in [0.5, 0.6) is 0 Å². The van der Waals surface area contributed by atoms with Gasteiger partial charge in [0.1, 0.15) is 0 Å². The Morgan fingerprint density at radius 2 is 1.73 bits per heavy atom. The summed E-state index contributed by atoms with van der Waals surface area (Å²) >= 11 is 0. The average Bonchev–Trinajstić information content (AvgIpc) is 2.47. The molecular formula is C16H30N2O4. The molecule has 0 unspecified atom stereocenters. The van der Waals surface area contributed by atoms with E-state index in [1.54, 1.807) is 11.8 Å². The molecule has 0 aromatic heterocycles. The topological polar surface area (TPSA) is 75.7 Å². The van der Waals surface area contributed by atoms with Crippen LogP contribution in [0, 0.1) is 5.92 Å². The Balaban J connectivity index is 4.50. The molecule has 0 saturated heterocycles. The van der Waals surface area contributed by atoms with Crippen molar-refractivity contribution in [3.05, 3.63) is 0 Å². The summed E-state index contributed by atoms with van der Waals surface area (Å²) in [5.74, 6) is -0.295. The van der Waals surface area contributed by atoms with E-state index >= 15 is 0 Å². The molecular weight excluding hydrogens is 284 g/mol. The molecule has 0 heterocycles. The molecule has 6 nitrogen and oxygen atoms in total. The summed E-state index contributed by atoms with van der Waals surface area (Å²) in [7, 11) is 0. The van der Waals surface area contributed by atoms with E-state index in [2.05, 4.69) is 5.32 Å². The molecule has 0 bridgehead atoms. The zero-order valence-corrected chi connectivity index (χ0v) is 14.3. The predicted molar refractivity (Wildman–Crippen MR) is 85.2 cm³/mol. The molecule has 0 rings (SSSR count). The molecule has 128 valence electrons. The van der Waals surface area contributed by atoms with Gasteiger partial charge in [-0.2, -0.15) is 0 Å². The van der Waals surface area contributed by atoms with Gasteiger partial charge in [-0.25, -0.2) is 0 Å². The highest BCUT2D eigenvalue weighted by atomic mass is 16.5. The highest BCUT2D eigenvalue weighted by molar-refractivity contribution is 5.79. The number of carbonyl (C=O) groups is 3. The summed E-state index contributed by atoms with van der Waals surface area (Å²) in [6.07, 6.45) is 2.46. The van der Waals surface area contributed by atoms with E-state index in [-0.39, 0.29) is 30.1 Å². The van der Waals surface area contributed by atoms with Gasteiger partial charge in [0.05, 0.1) is 13.0 Å². The van der Waals surface area contributed by atoms with Crippen molar-refractivity contribution in [1.82, 2.24) is 10.2 Å². The summed E-state index contributed by atoms with van der Waals surface area (Å²) in [5, 5.41) is 2.71. The number of amides is 2. The van der Waals surface area contributed by atoms with Crippen molar-refractivity contribution < 1.29 is 19.1 Å². The lowest BCUT2D eigenvalue weighted by Gasteiger charge is -2.26. The predicted octanol–water partition coefficient (Wildman–Crippen LogP) is 1.73. The van der Waals surface area contributed by atoms with E-state index < -0.39 is 0 Å². The van der Waals surface area contributed by atoms with Crippen LogP contribution in [0.3, 0.4) is 0 Å². The number of nitrogens with zero attached hydrogens (tertiary/aromatic N) is 1. The molecule has 0 atom stereocenters. The van der Waals surface area contributed by atoms with Crippen LogP contribution < -0.4 is 5.32 Å². The lowest BCUT2D eigenvalue weighted by Crippen LogP contribution is -2.39. The Bertz CT molecular complexity index is 354. The Hall–Kier alpha value is -1.59. The zero-order chi connectivity index (χ0) is 17.0. The third-order valence-corrected chi connectivity index (χ3v) is 3.52. The average molecular weight is 314 g/mol. The summed E-state index contributed by atoms with van der Waals surface area (Å²) in [6.45, 7) is 9.00. The van der Waals surface area contributed by atoms with Gasteiger partial charge in [0.25, 0.3) is 0 Å². The van der Waals surface area contributed by atoms with E-state index in [1.165, 1.54) is 6.92 Å². The number of ether oxygens (including phenoxy) is 1. The monoisotopic (exact) mass is 314 g/mol. The van der Waals surface area contributed by atoms with Crippen LogP contribution in [-0.2, 0) is 19.1 Å². The maximum Gasteiger partial charge on any atom is 0.307 e. The quantitative estimate of drug-likeness (QED) is 0.465. The first-order valence-corrected chi connectivity index (χ1v) is 8.14. The first-order chi connectivity index (χ1) is 10.5. The maximum absolute atomic E-state index is 12.5. The summed E-state index contributed by atoms with van der Waals surface area (Å²) in [4.78, 5) is 36.5. The van der Waals surface area contributed by atoms with Crippen LogP contribution in [0.4, 0.5) is 0 Å². The fourth-order valence-corrected chi connectivity index (χ4v) is 2.22. The molecule has 22 heavy (non-hydrogen) atoms. The lowest BCUT2D eigenvalue weighted by molar-refractivity contribution is -0.144. The first kappa shape index (κ1) is 20.4. The molecule has 0 radical (unpaired) electrons. The lowest BCUT2D eigenvalue weighted by atomic mass is 10.0.